The molecule has 0 aliphatic rings. The molecule has 1 heterocycles. The number of aromatic nitrogens is 2. The first-order valence-electron chi connectivity index (χ1n) is 4.45. The lowest BCUT2D eigenvalue weighted by atomic mass is 10.1. The summed E-state index contributed by atoms with van der Waals surface area (Å²) in [5.41, 5.74) is 2.23. The van der Waals surface area contributed by atoms with E-state index in [0.717, 1.165) is 15.6 Å². The van der Waals surface area contributed by atoms with Crippen molar-refractivity contribution in [3.05, 3.63) is 50.2 Å². The Balaban J connectivity index is 2.24. The fourth-order valence-corrected chi connectivity index (χ4v) is 1.59. The van der Waals surface area contributed by atoms with Crippen molar-refractivity contribution < 1.29 is 4.52 Å². The normalized spacial score (nSPS) is 10.5. The Bertz CT molecular complexity index is 530. The van der Waals surface area contributed by atoms with Crippen molar-refractivity contribution in [1.82, 2.24) is 10.1 Å². The number of hydrogen-bond donors (Lipinski definition) is 1. The van der Waals surface area contributed by atoms with Gasteiger partial charge in [0.25, 0.3) is 0 Å². The predicted octanol–water partition coefficient (Wildman–Crippen LogP) is 2.02. The van der Waals surface area contributed by atoms with Crippen LogP contribution < -0.4 is 5.76 Å². The number of rotatable bonds is 2. The van der Waals surface area contributed by atoms with Gasteiger partial charge >= 0.3 is 5.76 Å². The summed E-state index contributed by atoms with van der Waals surface area (Å²) in [5, 5.41) is 3.61. The number of nitrogens with zero attached hydrogens (tertiary/aromatic N) is 1. The van der Waals surface area contributed by atoms with E-state index >= 15 is 0 Å². The first-order chi connectivity index (χ1) is 7.15. The van der Waals surface area contributed by atoms with E-state index in [2.05, 4.69) is 30.6 Å². The molecule has 0 aliphatic carbocycles. The van der Waals surface area contributed by atoms with Crippen LogP contribution in [0.1, 0.15) is 17.0 Å². The van der Waals surface area contributed by atoms with E-state index in [1.807, 2.05) is 25.1 Å². The topological polar surface area (TPSA) is 58.9 Å². The van der Waals surface area contributed by atoms with Gasteiger partial charge in [-0.05, 0) is 24.1 Å². The molecule has 0 spiro atoms. The van der Waals surface area contributed by atoms with Gasteiger partial charge in [-0.15, -0.1) is 0 Å². The fraction of sp³-hybridized carbons (Fsp3) is 0.200. The van der Waals surface area contributed by atoms with Crippen LogP contribution in [-0.4, -0.2) is 10.1 Å². The van der Waals surface area contributed by atoms with Gasteiger partial charge < -0.3 is 0 Å². The van der Waals surface area contributed by atoms with Gasteiger partial charge in [-0.2, -0.15) is 0 Å². The van der Waals surface area contributed by atoms with Crippen molar-refractivity contribution in [2.75, 3.05) is 0 Å². The average molecular weight is 269 g/mol. The minimum absolute atomic E-state index is 0.515. The summed E-state index contributed by atoms with van der Waals surface area (Å²) in [4.78, 5) is 13.2. The maximum absolute atomic E-state index is 10.7. The smallest absolute Gasteiger partial charge is 0.296 e. The Morgan fingerprint density at radius 1 is 1.53 bits per heavy atom. The van der Waals surface area contributed by atoms with Crippen LogP contribution in [0.4, 0.5) is 0 Å². The molecule has 0 amide bonds. The first kappa shape index (κ1) is 10.2. The monoisotopic (exact) mass is 268 g/mol. The van der Waals surface area contributed by atoms with Crippen molar-refractivity contribution >= 4 is 15.9 Å². The standard InChI is InChI=1S/C10H9BrN2O2/c1-6-4-7(2-3-8(6)11)5-9-12-10(14)15-13-9/h2-4H,5H2,1H3,(H,12,13,14). The van der Waals surface area contributed by atoms with Gasteiger partial charge in [-0.25, -0.2) is 4.79 Å². The van der Waals surface area contributed by atoms with Crippen molar-refractivity contribution in [1.29, 1.82) is 0 Å². The highest BCUT2D eigenvalue weighted by molar-refractivity contribution is 9.10. The molecule has 0 radical (unpaired) electrons. The van der Waals surface area contributed by atoms with Crippen LogP contribution in [0.2, 0.25) is 0 Å². The number of halogens is 1. The molecule has 0 saturated carbocycles. The van der Waals surface area contributed by atoms with Crippen molar-refractivity contribution in [3.8, 4) is 0 Å². The predicted molar refractivity (Wildman–Crippen MR) is 58.8 cm³/mol. The largest absolute Gasteiger partial charge is 0.438 e. The summed E-state index contributed by atoms with van der Waals surface area (Å²) in [5.74, 6) is 0.0283. The average Bonchev–Trinajstić information content (AvgIpc) is 2.58. The molecule has 0 bridgehead atoms. The van der Waals surface area contributed by atoms with E-state index in [0.29, 0.717) is 12.2 Å². The van der Waals surface area contributed by atoms with E-state index in [-0.39, 0.29) is 0 Å². The summed E-state index contributed by atoms with van der Waals surface area (Å²) in [6.45, 7) is 2.01. The van der Waals surface area contributed by atoms with Crippen LogP contribution >= 0.6 is 15.9 Å². The van der Waals surface area contributed by atoms with Crippen LogP contribution in [0.15, 0.2) is 32.0 Å². The van der Waals surface area contributed by atoms with Gasteiger partial charge in [0.2, 0.25) is 0 Å². The zero-order valence-corrected chi connectivity index (χ0v) is 9.67. The van der Waals surface area contributed by atoms with Crippen LogP contribution in [0.5, 0.6) is 0 Å². The van der Waals surface area contributed by atoms with Gasteiger partial charge in [0.15, 0.2) is 5.82 Å². The number of aryl methyl sites for hydroxylation is 1. The molecule has 78 valence electrons. The van der Waals surface area contributed by atoms with Crippen molar-refractivity contribution in [2.45, 2.75) is 13.3 Å². The molecule has 4 nitrogen and oxygen atoms in total. The van der Waals surface area contributed by atoms with E-state index < -0.39 is 5.76 Å². The molecule has 1 aromatic heterocycles. The van der Waals surface area contributed by atoms with Gasteiger partial charge in [-0.1, -0.05) is 33.2 Å². The van der Waals surface area contributed by atoms with E-state index in [4.69, 9.17) is 0 Å². The lowest BCUT2D eigenvalue weighted by molar-refractivity contribution is 0.382. The maximum atomic E-state index is 10.7. The molecular formula is C10H9BrN2O2. The maximum Gasteiger partial charge on any atom is 0.438 e. The Morgan fingerprint density at radius 3 is 2.93 bits per heavy atom. The molecule has 1 N–H and O–H groups in total. The molecule has 0 fully saturated rings. The summed E-state index contributed by atoms with van der Waals surface area (Å²) in [6.07, 6.45) is 0.569. The number of H-pyrrole nitrogens is 1. The third-order valence-electron chi connectivity index (χ3n) is 2.08. The second-order valence-corrected chi connectivity index (χ2v) is 4.16. The minimum Gasteiger partial charge on any atom is -0.296 e. The quantitative estimate of drug-likeness (QED) is 0.907. The second kappa shape index (κ2) is 4.02. The number of aromatic amines is 1. The Morgan fingerprint density at radius 2 is 2.33 bits per heavy atom. The molecule has 0 unspecified atom stereocenters. The van der Waals surface area contributed by atoms with Gasteiger partial charge in [0, 0.05) is 10.9 Å². The number of nitrogens with one attached hydrogen (secondary N) is 1. The highest BCUT2D eigenvalue weighted by Gasteiger charge is 2.03. The zero-order chi connectivity index (χ0) is 10.8. The Kier molecular flexibility index (Phi) is 2.73. The van der Waals surface area contributed by atoms with E-state index in [1.54, 1.807) is 0 Å². The second-order valence-electron chi connectivity index (χ2n) is 3.30. The highest BCUT2D eigenvalue weighted by Crippen LogP contribution is 2.18. The molecule has 0 aliphatic heterocycles. The van der Waals surface area contributed by atoms with Gasteiger partial charge in [0.1, 0.15) is 0 Å². The molecular weight excluding hydrogens is 260 g/mol. The summed E-state index contributed by atoms with van der Waals surface area (Å²) in [6, 6.07) is 5.99. The number of benzene rings is 1. The van der Waals surface area contributed by atoms with Crippen LogP contribution in [0.25, 0.3) is 0 Å². The third-order valence-corrected chi connectivity index (χ3v) is 2.97. The third kappa shape index (κ3) is 2.36. The molecule has 15 heavy (non-hydrogen) atoms. The lowest BCUT2D eigenvalue weighted by Gasteiger charge is -2.01. The summed E-state index contributed by atoms with van der Waals surface area (Å²) in [7, 11) is 0. The number of hydrogen-bond acceptors (Lipinski definition) is 3. The molecule has 5 heteroatoms. The van der Waals surface area contributed by atoms with Crippen LogP contribution in [0, 0.1) is 6.92 Å². The lowest BCUT2D eigenvalue weighted by Crippen LogP contribution is -1.98. The van der Waals surface area contributed by atoms with Crippen LogP contribution in [-0.2, 0) is 6.42 Å². The van der Waals surface area contributed by atoms with Gasteiger partial charge in [-0.3, -0.25) is 9.51 Å². The Hall–Kier alpha value is -1.36. The summed E-state index contributed by atoms with van der Waals surface area (Å²) >= 11 is 3.43. The molecule has 2 aromatic rings. The molecule has 0 saturated heterocycles. The molecule has 1 aromatic carbocycles. The van der Waals surface area contributed by atoms with E-state index in [1.165, 1.54) is 0 Å². The Labute approximate surface area is 94.4 Å². The SMILES string of the molecule is Cc1cc(Cc2noc(=O)[nH]2)ccc1Br. The first-order valence-corrected chi connectivity index (χ1v) is 5.24. The zero-order valence-electron chi connectivity index (χ0n) is 8.08. The van der Waals surface area contributed by atoms with Crippen LogP contribution in [0.3, 0.4) is 0 Å². The van der Waals surface area contributed by atoms with Gasteiger partial charge in [0.05, 0.1) is 0 Å². The minimum atomic E-state index is -0.515. The summed E-state index contributed by atoms with van der Waals surface area (Å²) < 4.78 is 5.49. The molecule has 0 atom stereocenters. The highest BCUT2D eigenvalue weighted by atomic mass is 79.9. The van der Waals surface area contributed by atoms with Crippen molar-refractivity contribution in [2.24, 2.45) is 0 Å². The fourth-order valence-electron chi connectivity index (χ4n) is 1.35. The van der Waals surface area contributed by atoms with Crippen molar-refractivity contribution in [3.63, 3.8) is 0 Å². The van der Waals surface area contributed by atoms with E-state index in [9.17, 15) is 4.79 Å². The molecule has 2 rings (SSSR count).